The summed E-state index contributed by atoms with van der Waals surface area (Å²) in [5.74, 6) is -2.92. The van der Waals surface area contributed by atoms with Crippen LogP contribution >= 0.6 is 0 Å². The Hall–Kier alpha value is -1.87. The van der Waals surface area contributed by atoms with Gasteiger partial charge in [-0.15, -0.1) is 0 Å². The first-order chi connectivity index (χ1) is 11.4. The fourth-order valence-electron chi connectivity index (χ4n) is 2.41. The van der Waals surface area contributed by atoms with E-state index in [9.17, 15) is 19.5 Å². The minimum absolute atomic E-state index is 0. The Morgan fingerprint density at radius 1 is 1.20 bits per heavy atom. The van der Waals surface area contributed by atoms with Crippen molar-refractivity contribution in [3.63, 3.8) is 0 Å². The number of aromatic amines is 1. The SMILES string of the molecule is N[C@@H](CCC(=O)O)C(=O)N[C@@H](Cc1c[nH]c2ccccc12)C(=O)O.[Na]. The first-order valence-electron chi connectivity index (χ1n) is 7.44. The molecule has 0 fully saturated rings. The van der Waals surface area contributed by atoms with Crippen molar-refractivity contribution in [2.24, 2.45) is 5.73 Å². The number of benzene rings is 1. The molecule has 0 aliphatic carbocycles. The quantitative estimate of drug-likeness (QED) is 0.424. The molecule has 0 bridgehead atoms. The van der Waals surface area contributed by atoms with E-state index < -0.39 is 29.9 Å². The summed E-state index contributed by atoms with van der Waals surface area (Å²) >= 11 is 0. The number of amides is 1. The van der Waals surface area contributed by atoms with Crippen LogP contribution in [-0.2, 0) is 20.8 Å². The number of H-pyrrole nitrogens is 1. The first kappa shape index (κ1) is 21.2. The van der Waals surface area contributed by atoms with Gasteiger partial charge in [0.2, 0.25) is 5.91 Å². The van der Waals surface area contributed by atoms with Crippen LogP contribution in [0.4, 0.5) is 0 Å². The molecule has 1 amide bonds. The number of hydrogen-bond acceptors (Lipinski definition) is 4. The van der Waals surface area contributed by atoms with Gasteiger partial charge in [0.05, 0.1) is 6.04 Å². The summed E-state index contributed by atoms with van der Waals surface area (Å²) in [6, 6.07) is 5.23. The standard InChI is InChI=1S/C16H19N3O5.Na/c17-11(5-6-14(20)21)15(22)19-13(16(23)24)7-9-8-18-12-4-2-1-3-10(9)12;/h1-4,8,11,13,18H,5-7,17H2,(H,19,22)(H,20,21)(H,23,24);/t11-,13-;/m0./s1. The molecule has 0 aliphatic heterocycles. The molecule has 1 radical (unpaired) electrons. The Morgan fingerprint density at radius 3 is 2.52 bits per heavy atom. The number of carbonyl (C=O) groups excluding carboxylic acids is 1. The number of nitrogens with two attached hydrogens (primary N) is 1. The van der Waals surface area contributed by atoms with Gasteiger partial charge in [-0.1, -0.05) is 18.2 Å². The summed E-state index contributed by atoms with van der Waals surface area (Å²) in [5.41, 5.74) is 7.24. The third-order valence-electron chi connectivity index (χ3n) is 3.72. The van der Waals surface area contributed by atoms with E-state index in [0.717, 1.165) is 16.5 Å². The van der Waals surface area contributed by atoms with Gasteiger partial charge in [-0.2, -0.15) is 0 Å². The van der Waals surface area contributed by atoms with E-state index in [1.54, 1.807) is 6.20 Å². The normalized spacial score (nSPS) is 12.8. The summed E-state index contributed by atoms with van der Waals surface area (Å²) in [6.07, 6.45) is 1.49. The van der Waals surface area contributed by atoms with Gasteiger partial charge in [0, 0.05) is 59.5 Å². The summed E-state index contributed by atoms with van der Waals surface area (Å²) in [7, 11) is 0. The van der Waals surface area contributed by atoms with E-state index >= 15 is 0 Å². The van der Waals surface area contributed by atoms with Gasteiger partial charge in [-0.25, -0.2) is 4.79 Å². The first-order valence-corrected chi connectivity index (χ1v) is 7.44. The van der Waals surface area contributed by atoms with Gasteiger partial charge in [-0.3, -0.25) is 9.59 Å². The molecule has 129 valence electrons. The predicted octanol–water partition coefficient (Wildman–Crippen LogP) is 0.0911. The molecule has 2 atom stereocenters. The van der Waals surface area contributed by atoms with Crippen molar-refractivity contribution < 1.29 is 24.6 Å². The Balaban J connectivity index is 0.00000312. The molecular formula is C16H19N3NaO5. The number of nitrogens with one attached hydrogen (secondary N) is 2. The van der Waals surface area contributed by atoms with Gasteiger partial charge in [0.25, 0.3) is 0 Å². The number of hydrogen-bond donors (Lipinski definition) is 5. The number of aromatic nitrogens is 1. The largest absolute Gasteiger partial charge is 0.481 e. The van der Waals surface area contributed by atoms with Crippen LogP contribution in [-0.4, -0.2) is 74.7 Å². The average molecular weight is 356 g/mol. The van der Waals surface area contributed by atoms with Crippen LogP contribution in [0.15, 0.2) is 30.5 Å². The van der Waals surface area contributed by atoms with E-state index in [4.69, 9.17) is 10.8 Å². The number of carboxylic acids is 2. The fourth-order valence-corrected chi connectivity index (χ4v) is 2.41. The molecule has 8 nitrogen and oxygen atoms in total. The molecule has 1 aromatic heterocycles. The Bertz CT molecular complexity index is 761. The predicted molar refractivity (Wildman–Crippen MR) is 92.2 cm³/mol. The van der Waals surface area contributed by atoms with E-state index in [-0.39, 0.29) is 48.8 Å². The molecule has 2 rings (SSSR count). The minimum atomic E-state index is -1.18. The molecule has 1 aromatic carbocycles. The Morgan fingerprint density at radius 2 is 1.88 bits per heavy atom. The second-order valence-corrected chi connectivity index (χ2v) is 5.50. The number of fused-ring (bicyclic) bond motifs is 1. The van der Waals surface area contributed by atoms with Crippen LogP contribution in [0.3, 0.4) is 0 Å². The summed E-state index contributed by atoms with van der Waals surface area (Å²) < 4.78 is 0. The number of carbonyl (C=O) groups is 3. The van der Waals surface area contributed by atoms with Crippen molar-refractivity contribution in [3.8, 4) is 0 Å². The number of para-hydroxylation sites is 1. The van der Waals surface area contributed by atoms with E-state index in [0.29, 0.717) is 0 Å². The van der Waals surface area contributed by atoms with Gasteiger partial charge in [0.15, 0.2) is 0 Å². The van der Waals surface area contributed by atoms with Gasteiger partial charge in [-0.05, 0) is 18.1 Å². The second kappa shape index (κ2) is 9.57. The average Bonchev–Trinajstić information content (AvgIpc) is 2.94. The second-order valence-electron chi connectivity index (χ2n) is 5.50. The molecule has 0 unspecified atom stereocenters. The van der Waals surface area contributed by atoms with Crippen LogP contribution in [0.2, 0.25) is 0 Å². The van der Waals surface area contributed by atoms with Crippen LogP contribution in [0.1, 0.15) is 18.4 Å². The molecular weight excluding hydrogens is 337 g/mol. The van der Waals surface area contributed by atoms with Crippen molar-refractivity contribution in [3.05, 3.63) is 36.0 Å². The van der Waals surface area contributed by atoms with Gasteiger partial charge >= 0.3 is 11.9 Å². The number of aliphatic carboxylic acids is 2. The summed E-state index contributed by atoms with van der Waals surface area (Å²) in [4.78, 5) is 36.9. The third kappa shape index (κ3) is 5.86. The Kier molecular flexibility index (Phi) is 8.11. The van der Waals surface area contributed by atoms with Crippen molar-refractivity contribution in [2.45, 2.75) is 31.3 Å². The third-order valence-corrected chi connectivity index (χ3v) is 3.72. The van der Waals surface area contributed by atoms with E-state index in [1.165, 1.54) is 0 Å². The molecule has 2 aromatic rings. The van der Waals surface area contributed by atoms with Crippen molar-refractivity contribution in [1.82, 2.24) is 10.3 Å². The van der Waals surface area contributed by atoms with Gasteiger partial charge in [0.1, 0.15) is 6.04 Å². The fraction of sp³-hybridized carbons (Fsp3) is 0.312. The van der Waals surface area contributed by atoms with Crippen LogP contribution in [0.5, 0.6) is 0 Å². The summed E-state index contributed by atoms with van der Waals surface area (Å²) in [6.45, 7) is 0. The van der Waals surface area contributed by atoms with E-state index in [1.807, 2.05) is 24.3 Å². The van der Waals surface area contributed by atoms with Crippen LogP contribution < -0.4 is 11.1 Å². The molecule has 6 N–H and O–H groups in total. The molecule has 1 heterocycles. The Labute approximate surface area is 166 Å². The van der Waals surface area contributed by atoms with Gasteiger partial charge < -0.3 is 26.2 Å². The maximum Gasteiger partial charge on any atom is 0.326 e. The van der Waals surface area contributed by atoms with Crippen molar-refractivity contribution >= 4 is 58.3 Å². The van der Waals surface area contributed by atoms with Crippen molar-refractivity contribution in [1.29, 1.82) is 0 Å². The maximum absolute atomic E-state index is 12.0. The van der Waals surface area contributed by atoms with Crippen LogP contribution in [0, 0.1) is 0 Å². The van der Waals surface area contributed by atoms with Crippen molar-refractivity contribution in [2.75, 3.05) is 0 Å². The topological polar surface area (TPSA) is 146 Å². The summed E-state index contributed by atoms with van der Waals surface area (Å²) in [5, 5.41) is 21.2. The molecule has 9 heteroatoms. The zero-order valence-electron chi connectivity index (χ0n) is 13.9. The van der Waals surface area contributed by atoms with E-state index in [2.05, 4.69) is 10.3 Å². The number of carboxylic acid groups (broad SMARTS) is 2. The zero-order chi connectivity index (χ0) is 17.7. The molecule has 0 spiro atoms. The molecule has 0 saturated carbocycles. The monoisotopic (exact) mass is 356 g/mol. The smallest absolute Gasteiger partial charge is 0.326 e. The molecule has 0 aliphatic rings. The number of rotatable bonds is 8. The van der Waals surface area contributed by atoms with Crippen LogP contribution in [0.25, 0.3) is 10.9 Å². The minimum Gasteiger partial charge on any atom is -0.481 e. The molecule has 25 heavy (non-hydrogen) atoms. The molecule has 0 saturated heterocycles. The zero-order valence-corrected chi connectivity index (χ0v) is 15.9. The maximum atomic E-state index is 12.0.